The number of benzene rings is 2. The Labute approximate surface area is 163 Å². The molecule has 0 unspecified atom stereocenters. The minimum Gasteiger partial charge on any atom is -0.355 e. The zero-order chi connectivity index (χ0) is 18.9. The van der Waals surface area contributed by atoms with Gasteiger partial charge in [0.2, 0.25) is 9.84 Å². The first-order valence-electron chi connectivity index (χ1n) is 8.91. The topological polar surface area (TPSA) is 62.3 Å². The fraction of sp³-hybridized carbons (Fsp3) is 0.250. The van der Waals surface area contributed by atoms with Crippen LogP contribution >= 0.6 is 11.6 Å². The molecule has 7 heteroatoms. The van der Waals surface area contributed by atoms with Gasteiger partial charge in [0, 0.05) is 36.2 Å². The molecular formula is C20H20ClN3O2S. The van der Waals surface area contributed by atoms with Crippen molar-refractivity contribution in [1.29, 1.82) is 0 Å². The van der Waals surface area contributed by atoms with E-state index < -0.39 is 9.84 Å². The van der Waals surface area contributed by atoms with Gasteiger partial charge in [-0.15, -0.1) is 0 Å². The molecule has 0 radical (unpaired) electrons. The van der Waals surface area contributed by atoms with Crippen LogP contribution in [-0.4, -0.2) is 39.6 Å². The Balaban J connectivity index is 1.81. The van der Waals surface area contributed by atoms with Gasteiger partial charge in [0.25, 0.3) is 0 Å². The molecule has 4 rings (SSSR count). The lowest BCUT2D eigenvalue weighted by Gasteiger charge is -2.22. The molecule has 27 heavy (non-hydrogen) atoms. The predicted octanol–water partition coefficient (Wildman–Crippen LogP) is 3.52. The van der Waals surface area contributed by atoms with E-state index in [1.165, 1.54) is 12.1 Å². The van der Waals surface area contributed by atoms with Gasteiger partial charge < -0.3 is 10.2 Å². The number of hydrogen-bond acceptors (Lipinski definition) is 5. The summed E-state index contributed by atoms with van der Waals surface area (Å²) in [6, 6.07) is 13.4. The molecule has 0 aliphatic carbocycles. The molecule has 2 aromatic carbocycles. The second kappa shape index (κ2) is 7.46. The normalized spacial score (nSPS) is 15.7. The van der Waals surface area contributed by atoms with Crippen LogP contribution < -0.4 is 10.2 Å². The van der Waals surface area contributed by atoms with E-state index in [0.29, 0.717) is 5.02 Å². The summed E-state index contributed by atoms with van der Waals surface area (Å²) in [7, 11) is -3.62. The summed E-state index contributed by atoms with van der Waals surface area (Å²) in [6.07, 6.45) is 2.81. The maximum Gasteiger partial charge on any atom is 0.206 e. The number of hydrogen-bond donors (Lipinski definition) is 1. The van der Waals surface area contributed by atoms with Gasteiger partial charge in [-0.05, 0) is 60.8 Å². The first-order chi connectivity index (χ1) is 13.1. The van der Waals surface area contributed by atoms with E-state index in [4.69, 9.17) is 11.6 Å². The summed E-state index contributed by atoms with van der Waals surface area (Å²) in [5, 5.41) is 5.72. The lowest BCUT2D eigenvalue weighted by Crippen LogP contribution is -2.28. The molecule has 0 spiro atoms. The average Bonchev–Trinajstić information content (AvgIpc) is 2.97. The van der Waals surface area contributed by atoms with Crippen molar-refractivity contribution in [2.45, 2.75) is 16.2 Å². The lowest BCUT2D eigenvalue weighted by atomic mass is 10.1. The quantitative estimate of drug-likeness (QED) is 0.727. The molecular weight excluding hydrogens is 382 g/mol. The maximum atomic E-state index is 13.0. The zero-order valence-corrected chi connectivity index (χ0v) is 16.3. The van der Waals surface area contributed by atoms with E-state index >= 15 is 0 Å². The summed E-state index contributed by atoms with van der Waals surface area (Å²) >= 11 is 5.89. The van der Waals surface area contributed by atoms with E-state index in [-0.39, 0.29) is 9.79 Å². The Hall–Kier alpha value is -2.15. The molecule has 1 saturated heterocycles. The van der Waals surface area contributed by atoms with E-state index in [0.717, 1.165) is 49.2 Å². The standard InChI is InChI=1S/C20H20ClN3O2S/c21-16-3-6-17(7-4-16)27(25,26)18-5-2-15-8-10-23-20(19(15)14-18)24-12-1-9-22-11-13-24/h2-8,10,14,22H,1,9,11-13H2. The Morgan fingerprint density at radius 1 is 0.963 bits per heavy atom. The Morgan fingerprint density at radius 3 is 2.56 bits per heavy atom. The number of aromatic nitrogens is 1. The van der Waals surface area contributed by atoms with Crippen molar-refractivity contribution in [1.82, 2.24) is 10.3 Å². The van der Waals surface area contributed by atoms with Crippen LogP contribution in [0.2, 0.25) is 5.02 Å². The highest BCUT2D eigenvalue weighted by Gasteiger charge is 2.20. The van der Waals surface area contributed by atoms with Gasteiger partial charge >= 0.3 is 0 Å². The number of rotatable bonds is 3. The monoisotopic (exact) mass is 401 g/mol. The minimum atomic E-state index is -3.62. The van der Waals surface area contributed by atoms with Crippen LogP contribution in [0.3, 0.4) is 0 Å². The average molecular weight is 402 g/mol. The third-order valence-corrected chi connectivity index (χ3v) is 6.81. The fourth-order valence-corrected chi connectivity index (χ4v) is 4.77. The summed E-state index contributed by atoms with van der Waals surface area (Å²) < 4.78 is 26.1. The first-order valence-corrected chi connectivity index (χ1v) is 10.8. The van der Waals surface area contributed by atoms with Gasteiger partial charge in [-0.3, -0.25) is 0 Å². The molecule has 0 saturated carbocycles. The van der Waals surface area contributed by atoms with Crippen LogP contribution in [0, 0.1) is 0 Å². The largest absolute Gasteiger partial charge is 0.355 e. The molecule has 1 fully saturated rings. The molecule has 1 aliphatic rings. The summed E-state index contributed by atoms with van der Waals surface area (Å²) in [6.45, 7) is 3.62. The van der Waals surface area contributed by atoms with Gasteiger partial charge in [-0.1, -0.05) is 17.7 Å². The number of nitrogens with zero attached hydrogens (tertiary/aromatic N) is 2. The summed E-state index contributed by atoms with van der Waals surface area (Å²) in [5.41, 5.74) is 0. The SMILES string of the molecule is O=S(=O)(c1ccc(Cl)cc1)c1ccc2ccnc(N3CCCNCC3)c2c1. The Morgan fingerprint density at radius 2 is 1.74 bits per heavy atom. The van der Waals surface area contributed by atoms with Gasteiger partial charge in [0.15, 0.2) is 0 Å². The molecule has 3 aromatic rings. The van der Waals surface area contributed by atoms with Gasteiger partial charge in [0.1, 0.15) is 5.82 Å². The number of fused-ring (bicyclic) bond motifs is 1. The summed E-state index contributed by atoms with van der Waals surface area (Å²) in [4.78, 5) is 7.28. The highest BCUT2D eigenvalue weighted by molar-refractivity contribution is 7.91. The number of anilines is 1. The molecule has 0 bridgehead atoms. The van der Waals surface area contributed by atoms with E-state index in [1.54, 1.807) is 30.5 Å². The second-order valence-corrected chi connectivity index (χ2v) is 8.95. The van der Waals surface area contributed by atoms with Crippen molar-refractivity contribution in [2.24, 2.45) is 0 Å². The van der Waals surface area contributed by atoms with E-state index in [2.05, 4.69) is 15.2 Å². The van der Waals surface area contributed by atoms with Crippen LogP contribution in [0.1, 0.15) is 6.42 Å². The van der Waals surface area contributed by atoms with Crippen LogP contribution in [-0.2, 0) is 9.84 Å². The molecule has 0 amide bonds. The zero-order valence-electron chi connectivity index (χ0n) is 14.7. The maximum absolute atomic E-state index is 13.0. The van der Waals surface area contributed by atoms with Crippen molar-refractivity contribution in [3.63, 3.8) is 0 Å². The van der Waals surface area contributed by atoms with E-state index in [9.17, 15) is 8.42 Å². The van der Waals surface area contributed by atoms with Crippen LogP contribution in [0.15, 0.2) is 64.5 Å². The first kappa shape index (κ1) is 18.2. The highest BCUT2D eigenvalue weighted by Crippen LogP contribution is 2.30. The molecule has 1 N–H and O–H groups in total. The fourth-order valence-electron chi connectivity index (χ4n) is 3.36. The molecule has 1 aromatic heterocycles. The van der Waals surface area contributed by atoms with Crippen molar-refractivity contribution in [3.05, 3.63) is 59.8 Å². The predicted molar refractivity (Wildman–Crippen MR) is 108 cm³/mol. The third kappa shape index (κ3) is 3.65. The lowest BCUT2D eigenvalue weighted by molar-refractivity contribution is 0.596. The van der Waals surface area contributed by atoms with Crippen LogP contribution in [0.4, 0.5) is 5.82 Å². The Kier molecular flexibility index (Phi) is 5.04. The number of sulfone groups is 1. The smallest absolute Gasteiger partial charge is 0.206 e. The van der Waals surface area contributed by atoms with Crippen molar-refractivity contribution >= 4 is 38.0 Å². The van der Waals surface area contributed by atoms with Gasteiger partial charge in [-0.25, -0.2) is 13.4 Å². The van der Waals surface area contributed by atoms with Crippen LogP contribution in [0.25, 0.3) is 10.8 Å². The van der Waals surface area contributed by atoms with Crippen molar-refractivity contribution in [3.8, 4) is 0 Å². The van der Waals surface area contributed by atoms with Gasteiger partial charge in [-0.2, -0.15) is 0 Å². The second-order valence-electron chi connectivity index (χ2n) is 6.57. The number of pyridine rings is 1. The highest BCUT2D eigenvalue weighted by atomic mass is 35.5. The third-order valence-electron chi connectivity index (χ3n) is 4.79. The van der Waals surface area contributed by atoms with Gasteiger partial charge in [0.05, 0.1) is 9.79 Å². The molecule has 140 valence electrons. The summed E-state index contributed by atoms with van der Waals surface area (Å²) in [5.74, 6) is 0.837. The van der Waals surface area contributed by atoms with Crippen molar-refractivity contribution < 1.29 is 8.42 Å². The van der Waals surface area contributed by atoms with Crippen molar-refractivity contribution in [2.75, 3.05) is 31.1 Å². The molecule has 0 atom stereocenters. The molecule has 5 nitrogen and oxygen atoms in total. The number of nitrogens with one attached hydrogen (secondary N) is 1. The molecule has 1 aliphatic heterocycles. The Bertz CT molecular complexity index is 1060. The minimum absolute atomic E-state index is 0.232. The molecule has 2 heterocycles. The van der Waals surface area contributed by atoms with E-state index in [1.807, 2.05) is 12.1 Å². The number of halogens is 1. The van der Waals surface area contributed by atoms with Crippen LogP contribution in [0.5, 0.6) is 0 Å².